The summed E-state index contributed by atoms with van der Waals surface area (Å²) in [6.07, 6.45) is 41.6. The summed E-state index contributed by atoms with van der Waals surface area (Å²) in [6, 6.07) is 0. The molecule has 54 heavy (non-hydrogen) atoms. The number of rotatable bonds is 38. The molecule has 0 aliphatic carbocycles. The van der Waals surface area contributed by atoms with Gasteiger partial charge in [-0.3, -0.25) is 18.6 Å². The Hall–Kier alpha value is -2.03. The first kappa shape index (κ1) is 52.0. The number of ether oxygens (including phenoxy) is 2. The van der Waals surface area contributed by atoms with Gasteiger partial charge in [0.2, 0.25) is 0 Å². The highest BCUT2D eigenvalue weighted by Crippen LogP contribution is 2.43. The Morgan fingerprint density at radius 2 is 1.00 bits per heavy atom. The second-order valence-corrected chi connectivity index (χ2v) is 16.8. The van der Waals surface area contributed by atoms with E-state index < -0.39 is 26.5 Å². The number of hydrogen-bond donors (Lipinski definition) is 1. The van der Waals surface area contributed by atoms with Crippen molar-refractivity contribution >= 4 is 19.8 Å². The lowest BCUT2D eigenvalue weighted by atomic mass is 10.1. The van der Waals surface area contributed by atoms with E-state index in [4.69, 9.17) is 18.5 Å². The minimum Gasteiger partial charge on any atom is -0.462 e. The van der Waals surface area contributed by atoms with Crippen LogP contribution in [0.15, 0.2) is 48.6 Å². The van der Waals surface area contributed by atoms with E-state index in [1.807, 2.05) is 21.1 Å². The number of nitrogens with zero attached hydrogens (tertiary/aromatic N) is 1. The predicted octanol–water partition coefficient (Wildman–Crippen LogP) is 11.9. The Balaban J connectivity index is 4.47. The molecular formula is C44H81NO8P+. The van der Waals surface area contributed by atoms with Crippen molar-refractivity contribution in [3.05, 3.63) is 48.6 Å². The summed E-state index contributed by atoms with van der Waals surface area (Å²) in [7, 11) is 1.44. The molecule has 0 aliphatic heterocycles. The Bertz CT molecular complexity index is 1070. The zero-order valence-corrected chi connectivity index (χ0v) is 36.1. The lowest BCUT2D eigenvalue weighted by Gasteiger charge is -2.24. The number of phosphoric acid groups is 1. The summed E-state index contributed by atoms with van der Waals surface area (Å²) < 4.78 is 34.2. The van der Waals surface area contributed by atoms with Crippen molar-refractivity contribution in [1.29, 1.82) is 0 Å². The summed E-state index contributed by atoms with van der Waals surface area (Å²) >= 11 is 0. The van der Waals surface area contributed by atoms with Crippen LogP contribution in [-0.2, 0) is 32.7 Å². The van der Waals surface area contributed by atoms with E-state index in [0.29, 0.717) is 17.4 Å². The van der Waals surface area contributed by atoms with Gasteiger partial charge in [0.15, 0.2) is 6.10 Å². The Morgan fingerprint density at radius 3 is 1.57 bits per heavy atom. The Morgan fingerprint density at radius 1 is 0.574 bits per heavy atom. The predicted molar refractivity (Wildman–Crippen MR) is 224 cm³/mol. The number of allylic oxidation sites excluding steroid dienone is 8. The molecule has 0 fully saturated rings. The van der Waals surface area contributed by atoms with Crippen LogP contribution in [-0.4, -0.2) is 74.9 Å². The van der Waals surface area contributed by atoms with E-state index in [0.717, 1.165) is 70.6 Å². The number of quaternary nitrogens is 1. The molecule has 0 radical (unpaired) electrons. The normalized spacial score (nSPS) is 14.1. The van der Waals surface area contributed by atoms with Crippen molar-refractivity contribution in [1.82, 2.24) is 0 Å². The molecule has 0 aliphatic rings. The highest BCUT2D eigenvalue weighted by molar-refractivity contribution is 7.47. The van der Waals surface area contributed by atoms with Crippen LogP contribution in [0, 0.1) is 0 Å². The van der Waals surface area contributed by atoms with Gasteiger partial charge in [0, 0.05) is 12.8 Å². The van der Waals surface area contributed by atoms with Crippen LogP contribution in [0.25, 0.3) is 0 Å². The number of likely N-dealkylation sites (N-methyl/N-ethyl adjacent to an activating group) is 1. The maximum absolute atomic E-state index is 12.6. The van der Waals surface area contributed by atoms with Crippen LogP contribution in [0.3, 0.4) is 0 Å². The van der Waals surface area contributed by atoms with E-state index in [1.165, 1.54) is 64.2 Å². The number of phosphoric ester groups is 1. The number of carbonyl (C=O) groups is 2. The van der Waals surface area contributed by atoms with Crippen LogP contribution in [0.1, 0.15) is 168 Å². The highest BCUT2D eigenvalue weighted by atomic mass is 31.2. The van der Waals surface area contributed by atoms with Crippen molar-refractivity contribution in [2.45, 2.75) is 174 Å². The van der Waals surface area contributed by atoms with Crippen LogP contribution in [0.2, 0.25) is 0 Å². The van der Waals surface area contributed by atoms with Gasteiger partial charge in [-0.15, -0.1) is 0 Å². The maximum atomic E-state index is 12.6. The van der Waals surface area contributed by atoms with E-state index >= 15 is 0 Å². The number of esters is 2. The van der Waals surface area contributed by atoms with Crippen LogP contribution in [0.4, 0.5) is 0 Å². The van der Waals surface area contributed by atoms with Gasteiger partial charge < -0.3 is 18.9 Å². The zero-order valence-electron chi connectivity index (χ0n) is 35.2. The molecule has 0 rings (SSSR count). The summed E-state index contributed by atoms with van der Waals surface area (Å²) in [5.41, 5.74) is 0. The van der Waals surface area contributed by atoms with Gasteiger partial charge in [0.25, 0.3) is 0 Å². The smallest absolute Gasteiger partial charge is 0.462 e. The molecule has 10 heteroatoms. The monoisotopic (exact) mass is 783 g/mol. The van der Waals surface area contributed by atoms with Crippen molar-refractivity contribution in [3.8, 4) is 0 Å². The number of hydrogen-bond acceptors (Lipinski definition) is 7. The molecule has 0 aromatic heterocycles. The first-order chi connectivity index (χ1) is 26.0. The van der Waals surface area contributed by atoms with Crippen molar-refractivity contribution < 1.29 is 42.1 Å². The van der Waals surface area contributed by atoms with E-state index in [-0.39, 0.29) is 32.0 Å². The van der Waals surface area contributed by atoms with E-state index in [2.05, 4.69) is 62.5 Å². The molecule has 2 atom stereocenters. The summed E-state index contributed by atoms with van der Waals surface area (Å²) in [5.74, 6) is -0.856. The van der Waals surface area contributed by atoms with Crippen molar-refractivity contribution in [2.75, 3.05) is 47.5 Å². The van der Waals surface area contributed by atoms with Crippen LogP contribution >= 0.6 is 7.82 Å². The molecule has 9 nitrogen and oxygen atoms in total. The first-order valence-electron chi connectivity index (χ1n) is 21.4. The third-order valence-electron chi connectivity index (χ3n) is 8.83. The van der Waals surface area contributed by atoms with Gasteiger partial charge in [-0.2, -0.15) is 0 Å². The topological polar surface area (TPSA) is 108 Å². The molecular weight excluding hydrogens is 701 g/mol. The molecule has 0 saturated carbocycles. The molecule has 0 bridgehead atoms. The minimum atomic E-state index is -4.38. The molecule has 0 aromatic rings. The lowest BCUT2D eigenvalue weighted by molar-refractivity contribution is -0.870. The first-order valence-corrected chi connectivity index (χ1v) is 22.9. The number of carbonyl (C=O) groups excluding carboxylic acids is 2. The number of unbranched alkanes of at least 4 members (excludes halogenated alkanes) is 16. The second kappa shape index (κ2) is 36.6. The minimum absolute atomic E-state index is 0.0218. The van der Waals surface area contributed by atoms with Gasteiger partial charge >= 0.3 is 19.8 Å². The fourth-order valence-corrected chi connectivity index (χ4v) is 6.17. The lowest BCUT2D eigenvalue weighted by Crippen LogP contribution is -2.37. The molecule has 0 heterocycles. The molecule has 314 valence electrons. The summed E-state index contributed by atoms with van der Waals surface area (Å²) in [6.45, 7) is 4.32. The second-order valence-electron chi connectivity index (χ2n) is 15.4. The standard InChI is InChI=1S/C44H80NO8P/c1-6-8-10-12-14-16-18-20-22-24-26-28-30-32-34-36-43(46)50-40-42(41-52-54(48,49)51-39-38-45(3,4)5)53-44(47)37-35-33-31-29-27-25-23-21-19-17-15-13-11-9-7-2/h15,17,20-23,27,29,42H,6-14,16,18-19,24-26,28,30-41H2,1-5H3/p+1/b17-15+,22-20+,23-21+,29-27+/t42-/m1/s1. The third-order valence-corrected chi connectivity index (χ3v) is 9.82. The molecule has 0 aromatic carbocycles. The molecule has 0 spiro atoms. The van der Waals surface area contributed by atoms with Gasteiger partial charge in [-0.1, -0.05) is 127 Å². The maximum Gasteiger partial charge on any atom is 0.472 e. The molecule has 1 unspecified atom stereocenters. The van der Waals surface area contributed by atoms with Crippen molar-refractivity contribution in [2.24, 2.45) is 0 Å². The van der Waals surface area contributed by atoms with Gasteiger partial charge in [0.05, 0.1) is 27.7 Å². The van der Waals surface area contributed by atoms with Crippen molar-refractivity contribution in [3.63, 3.8) is 0 Å². The third kappa shape index (κ3) is 39.7. The average Bonchev–Trinajstić information content (AvgIpc) is 3.12. The fourth-order valence-electron chi connectivity index (χ4n) is 5.43. The quantitative estimate of drug-likeness (QED) is 0.0217. The van der Waals surface area contributed by atoms with Gasteiger partial charge in [-0.25, -0.2) is 4.57 Å². The Labute approximate surface area is 331 Å². The fraction of sp³-hybridized carbons (Fsp3) is 0.773. The van der Waals surface area contributed by atoms with Gasteiger partial charge in [-0.05, 0) is 77.0 Å². The molecule has 0 amide bonds. The molecule has 0 saturated heterocycles. The van der Waals surface area contributed by atoms with Crippen LogP contribution in [0.5, 0.6) is 0 Å². The SMILES string of the molecule is CCCCC/C=C/C/C=C/C/C=C/CCCCC(=O)O[C@H](COC(=O)CCCCCCC/C=C/CCCCCCCC)COP(=O)(O)OCC[N+](C)(C)C. The molecule has 1 N–H and O–H groups in total. The Kier molecular flexibility index (Phi) is 35.2. The van der Waals surface area contributed by atoms with Crippen LogP contribution < -0.4 is 0 Å². The summed E-state index contributed by atoms with van der Waals surface area (Å²) in [4.78, 5) is 35.3. The van der Waals surface area contributed by atoms with E-state index in [9.17, 15) is 19.0 Å². The largest absolute Gasteiger partial charge is 0.472 e. The average molecular weight is 783 g/mol. The van der Waals surface area contributed by atoms with E-state index in [1.54, 1.807) is 0 Å². The highest BCUT2D eigenvalue weighted by Gasteiger charge is 2.27. The zero-order chi connectivity index (χ0) is 40.0. The summed E-state index contributed by atoms with van der Waals surface area (Å²) in [5, 5.41) is 0. The van der Waals surface area contributed by atoms with Gasteiger partial charge in [0.1, 0.15) is 19.8 Å².